The van der Waals surface area contributed by atoms with Gasteiger partial charge in [0.2, 0.25) is 10.2 Å². The predicted molar refractivity (Wildman–Crippen MR) is 186 cm³/mol. The van der Waals surface area contributed by atoms with Gasteiger partial charge in [-0.05, 0) is 12.2 Å². The van der Waals surface area contributed by atoms with Crippen molar-refractivity contribution in [3.05, 3.63) is 25.3 Å². The number of hydrogen-bond donors (Lipinski definition) is 0. The van der Waals surface area contributed by atoms with Crippen molar-refractivity contribution in [3.8, 4) is 0 Å². The van der Waals surface area contributed by atoms with E-state index in [-0.39, 0.29) is 20.5 Å². The summed E-state index contributed by atoms with van der Waals surface area (Å²) in [5.41, 5.74) is 0. The van der Waals surface area contributed by atoms with Crippen LogP contribution in [0.3, 0.4) is 0 Å². The van der Waals surface area contributed by atoms with Gasteiger partial charge in [0, 0.05) is 93.4 Å². The van der Waals surface area contributed by atoms with Crippen LogP contribution in [0.5, 0.6) is 0 Å². The molecule has 37 heavy (non-hydrogen) atoms. The third kappa shape index (κ3) is 30.1. The van der Waals surface area contributed by atoms with Crippen LogP contribution >= 0.6 is 106 Å². The van der Waals surface area contributed by atoms with E-state index in [1.165, 1.54) is 59.2 Å². The van der Waals surface area contributed by atoms with Gasteiger partial charge in [0.1, 0.15) is 0 Å². The fourth-order valence-electron chi connectivity index (χ4n) is 2.15. The quantitative estimate of drug-likeness (QED) is 0.0709. The Morgan fingerprint density at radius 3 is 1.00 bits per heavy atom. The van der Waals surface area contributed by atoms with Crippen molar-refractivity contribution in [2.75, 3.05) is 80.5 Å². The SMILES string of the molecule is C=CC(=O)SCCSCCSCCC(=O)SCCSCCSC(=O)CCSCCSCCSC(=O)C=C. The predicted octanol–water partition coefficient (Wildman–Crippen LogP) is 6.84. The van der Waals surface area contributed by atoms with Crippen molar-refractivity contribution in [1.82, 2.24) is 0 Å². The monoisotopic (exact) mass is 678 g/mol. The maximum absolute atomic E-state index is 12.0. The van der Waals surface area contributed by atoms with Crippen LogP contribution in [0.25, 0.3) is 0 Å². The Morgan fingerprint density at radius 2 is 0.676 bits per heavy atom. The van der Waals surface area contributed by atoms with E-state index >= 15 is 0 Å². The van der Waals surface area contributed by atoms with Gasteiger partial charge >= 0.3 is 0 Å². The van der Waals surface area contributed by atoms with Crippen molar-refractivity contribution < 1.29 is 19.2 Å². The molecule has 0 aromatic rings. The molecule has 212 valence electrons. The van der Waals surface area contributed by atoms with Crippen molar-refractivity contribution in [3.63, 3.8) is 0 Å². The second kappa shape index (κ2) is 30.3. The Hall–Kier alpha value is 1.31. The first-order chi connectivity index (χ1) is 18.0. The van der Waals surface area contributed by atoms with Crippen LogP contribution in [-0.4, -0.2) is 101 Å². The average Bonchev–Trinajstić information content (AvgIpc) is 2.90. The van der Waals surface area contributed by atoms with Crippen LogP contribution in [0, 0.1) is 0 Å². The van der Waals surface area contributed by atoms with Gasteiger partial charge in [-0.1, -0.05) is 60.2 Å². The molecule has 0 N–H and O–H groups in total. The molecule has 0 bridgehead atoms. The number of carbonyl (C=O) groups is 4. The molecule has 0 unspecified atom stereocenters. The zero-order valence-electron chi connectivity index (χ0n) is 21.2. The highest BCUT2D eigenvalue weighted by atomic mass is 32.2. The molecule has 0 aliphatic rings. The lowest BCUT2D eigenvalue weighted by molar-refractivity contribution is -0.111. The molecule has 13 heteroatoms. The summed E-state index contributed by atoms with van der Waals surface area (Å²) < 4.78 is 0. The molecule has 0 heterocycles. The zero-order valence-corrected chi connectivity index (χ0v) is 28.5. The summed E-state index contributed by atoms with van der Waals surface area (Å²) in [5, 5.41) is 0.602. The van der Waals surface area contributed by atoms with E-state index in [1.54, 1.807) is 0 Å². The minimum atomic E-state index is 0.0353. The molecule has 0 saturated carbocycles. The van der Waals surface area contributed by atoms with Crippen LogP contribution in [0.4, 0.5) is 0 Å². The molecular weight excluding hydrogens is 641 g/mol. The van der Waals surface area contributed by atoms with Gasteiger partial charge in [-0.15, -0.1) is 0 Å². The maximum atomic E-state index is 12.0. The molecular formula is C24H38O4S9. The standard InChI is InChI=1S/C24H38O4S9/c1-3-21(25)34-17-13-31-11-9-29-7-5-23(27)36-19-15-33-16-20-37-24(28)6-8-30-10-12-32-14-18-35-22(26)4-2/h3-4H,1-2,5-20H2. The Kier molecular flexibility index (Phi) is 31.3. The summed E-state index contributed by atoms with van der Waals surface area (Å²) >= 11 is 14.6. The minimum absolute atomic E-state index is 0.0353. The largest absolute Gasteiger partial charge is 0.287 e. The Morgan fingerprint density at radius 1 is 0.405 bits per heavy atom. The number of hydrogen-bond acceptors (Lipinski definition) is 13. The van der Waals surface area contributed by atoms with Crippen LogP contribution in [0.1, 0.15) is 12.8 Å². The molecule has 0 aromatic carbocycles. The van der Waals surface area contributed by atoms with Crippen LogP contribution in [0.2, 0.25) is 0 Å². The number of carbonyl (C=O) groups excluding carboxylic acids is 4. The highest BCUT2D eigenvalue weighted by Crippen LogP contribution is 2.17. The summed E-state index contributed by atoms with van der Waals surface area (Å²) in [6.07, 6.45) is 3.94. The average molecular weight is 679 g/mol. The van der Waals surface area contributed by atoms with Gasteiger partial charge < -0.3 is 0 Å². The van der Waals surface area contributed by atoms with Crippen LogP contribution in [0.15, 0.2) is 25.3 Å². The second-order valence-electron chi connectivity index (χ2n) is 6.75. The minimum Gasteiger partial charge on any atom is -0.287 e. The van der Waals surface area contributed by atoms with Gasteiger partial charge in [0.05, 0.1) is 0 Å². The smallest absolute Gasteiger partial charge is 0.211 e. The number of thioether (sulfide) groups is 9. The fourth-order valence-corrected chi connectivity index (χ4v) is 10.8. The third-order valence-corrected chi connectivity index (χ3v) is 14.0. The highest BCUT2D eigenvalue weighted by molar-refractivity contribution is 8.16. The van der Waals surface area contributed by atoms with Gasteiger partial charge in [-0.25, -0.2) is 0 Å². The summed E-state index contributed by atoms with van der Waals surface area (Å²) in [6.45, 7) is 6.91. The molecule has 0 spiro atoms. The van der Waals surface area contributed by atoms with Crippen molar-refractivity contribution in [1.29, 1.82) is 0 Å². The van der Waals surface area contributed by atoms with Crippen molar-refractivity contribution >= 4 is 126 Å². The first kappa shape index (κ1) is 38.3. The molecule has 0 atom stereocenters. The molecule has 0 amide bonds. The molecule has 0 aromatic heterocycles. The second-order valence-corrected chi connectivity index (χ2v) is 17.4. The normalized spacial score (nSPS) is 10.8. The van der Waals surface area contributed by atoms with E-state index in [2.05, 4.69) is 13.2 Å². The van der Waals surface area contributed by atoms with E-state index in [1.807, 2.05) is 58.8 Å². The third-order valence-electron chi connectivity index (χ3n) is 3.90. The van der Waals surface area contributed by atoms with E-state index < -0.39 is 0 Å². The topological polar surface area (TPSA) is 68.3 Å². The Labute approximate surface area is 262 Å². The Bertz CT molecular complexity index is 608. The molecule has 0 fully saturated rings. The Balaban J connectivity index is 3.32. The van der Waals surface area contributed by atoms with E-state index in [0.717, 1.165) is 80.5 Å². The lowest BCUT2D eigenvalue weighted by Gasteiger charge is -2.04. The van der Waals surface area contributed by atoms with Gasteiger partial charge in [0.15, 0.2) is 10.2 Å². The lowest BCUT2D eigenvalue weighted by atomic mass is 10.5. The summed E-state index contributed by atoms with van der Waals surface area (Å²) in [6, 6.07) is 0. The van der Waals surface area contributed by atoms with E-state index in [0.29, 0.717) is 12.8 Å². The van der Waals surface area contributed by atoms with Gasteiger partial charge in [-0.2, -0.15) is 58.8 Å². The lowest BCUT2D eigenvalue weighted by Crippen LogP contribution is -2.00. The van der Waals surface area contributed by atoms with Gasteiger partial charge in [-0.3, -0.25) is 19.2 Å². The summed E-state index contributed by atoms with van der Waals surface area (Å²) in [5.74, 6) is 13.0. The number of rotatable bonds is 26. The molecule has 0 radical (unpaired) electrons. The van der Waals surface area contributed by atoms with Gasteiger partial charge in [0.25, 0.3) is 0 Å². The molecule has 0 saturated heterocycles. The fraction of sp³-hybridized carbons (Fsp3) is 0.667. The summed E-state index contributed by atoms with van der Waals surface area (Å²) in [4.78, 5) is 46.1. The first-order valence-electron chi connectivity index (χ1n) is 11.8. The van der Waals surface area contributed by atoms with E-state index in [9.17, 15) is 19.2 Å². The molecule has 0 rings (SSSR count). The first-order valence-corrected chi connectivity index (χ1v) is 21.5. The molecule has 0 aliphatic heterocycles. The van der Waals surface area contributed by atoms with Crippen LogP contribution < -0.4 is 0 Å². The van der Waals surface area contributed by atoms with Crippen molar-refractivity contribution in [2.24, 2.45) is 0 Å². The highest BCUT2D eigenvalue weighted by Gasteiger charge is 2.05. The molecule has 0 aliphatic carbocycles. The van der Waals surface area contributed by atoms with Crippen LogP contribution in [-0.2, 0) is 19.2 Å². The summed E-state index contributed by atoms with van der Waals surface area (Å²) in [7, 11) is 0. The van der Waals surface area contributed by atoms with Crippen molar-refractivity contribution in [2.45, 2.75) is 12.8 Å². The maximum Gasteiger partial charge on any atom is 0.211 e. The van der Waals surface area contributed by atoms with E-state index in [4.69, 9.17) is 0 Å². The molecule has 4 nitrogen and oxygen atoms in total. The zero-order chi connectivity index (χ0) is 27.4.